The zero-order chi connectivity index (χ0) is 13.3. The lowest BCUT2D eigenvalue weighted by Gasteiger charge is -2.43. The van der Waals surface area contributed by atoms with E-state index >= 15 is 0 Å². The van der Waals surface area contributed by atoms with Crippen molar-refractivity contribution in [2.75, 3.05) is 6.61 Å². The van der Waals surface area contributed by atoms with Crippen LogP contribution >= 0.6 is 11.6 Å². The van der Waals surface area contributed by atoms with Gasteiger partial charge in [-0.1, -0.05) is 11.6 Å². The van der Waals surface area contributed by atoms with E-state index in [9.17, 15) is 14.7 Å². The van der Waals surface area contributed by atoms with Crippen LogP contribution in [0, 0.1) is 5.92 Å². The van der Waals surface area contributed by atoms with Crippen molar-refractivity contribution in [3.8, 4) is 0 Å². The average molecular weight is 270 g/mol. The minimum absolute atomic E-state index is 0.293. The molecule has 3 N–H and O–H groups in total. The van der Waals surface area contributed by atoms with Gasteiger partial charge in [0.15, 0.2) is 0 Å². The SMILES string of the molecule is NC(=O)N1C(=O)[C@H](Cc2ccnc(Cl)c2)C1CO. The summed E-state index contributed by atoms with van der Waals surface area (Å²) in [7, 11) is 0. The summed E-state index contributed by atoms with van der Waals surface area (Å²) in [4.78, 5) is 27.4. The zero-order valence-corrected chi connectivity index (χ0v) is 10.2. The first kappa shape index (κ1) is 12.8. The molecule has 0 aliphatic carbocycles. The number of nitrogens with two attached hydrogens (primary N) is 1. The van der Waals surface area contributed by atoms with Crippen LogP contribution in [0.3, 0.4) is 0 Å². The second kappa shape index (κ2) is 4.91. The third kappa shape index (κ3) is 2.16. The molecule has 0 aromatic carbocycles. The molecule has 3 amide bonds. The van der Waals surface area contributed by atoms with Gasteiger partial charge >= 0.3 is 6.03 Å². The lowest BCUT2D eigenvalue weighted by molar-refractivity contribution is -0.152. The van der Waals surface area contributed by atoms with Crippen molar-refractivity contribution in [1.82, 2.24) is 9.88 Å². The van der Waals surface area contributed by atoms with E-state index in [-0.39, 0.29) is 12.5 Å². The maximum absolute atomic E-state index is 11.7. The predicted molar refractivity (Wildman–Crippen MR) is 63.7 cm³/mol. The summed E-state index contributed by atoms with van der Waals surface area (Å²) < 4.78 is 0. The Bertz CT molecular complexity index is 494. The summed E-state index contributed by atoms with van der Waals surface area (Å²) in [6.07, 6.45) is 1.94. The molecule has 6 nitrogen and oxygen atoms in total. The van der Waals surface area contributed by atoms with Gasteiger partial charge in [0.05, 0.1) is 18.6 Å². The van der Waals surface area contributed by atoms with Gasteiger partial charge in [0.25, 0.3) is 0 Å². The lowest BCUT2D eigenvalue weighted by atomic mass is 9.83. The van der Waals surface area contributed by atoms with Gasteiger partial charge in [0, 0.05) is 6.20 Å². The quantitative estimate of drug-likeness (QED) is 0.604. The Labute approximate surface area is 108 Å². The number of amides is 3. The van der Waals surface area contributed by atoms with Crippen molar-refractivity contribution in [3.05, 3.63) is 29.0 Å². The minimum Gasteiger partial charge on any atom is -0.394 e. The molecule has 0 bridgehead atoms. The number of imide groups is 1. The van der Waals surface area contributed by atoms with Crippen molar-refractivity contribution in [2.45, 2.75) is 12.5 Å². The first-order valence-corrected chi connectivity index (χ1v) is 5.76. The summed E-state index contributed by atoms with van der Waals surface area (Å²) in [5.41, 5.74) is 5.89. The standard InChI is InChI=1S/C11H12ClN3O3/c12-9-4-6(1-2-14-9)3-7-8(5-16)15(10(7)17)11(13)18/h1-2,4,7-8,16H,3,5H2,(H2,13,18)/t7-,8?/m1/s1. The number of carbonyl (C=O) groups is 2. The van der Waals surface area contributed by atoms with Crippen LogP contribution in [-0.4, -0.2) is 39.6 Å². The highest BCUT2D eigenvalue weighted by atomic mass is 35.5. The average Bonchev–Trinajstić information content (AvgIpc) is 2.32. The van der Waals surface area contributed by atoms with Crippen LogP contribution in [0.4, 0.5) is 4.79 Å². The van der Waals surface area contributed by atoms with Crippen LogP contribution in [0.5, 0.6) is 0 Å². The third-order valence-electron chi connectivity index (χ3n) is 3.02. The summed E-state index contributed by atoms with van der Waals surface area (Å²) in [6, 6.07) is 2.00. The molecular formula is C11H12ClN3O3. The van der Waals surface area contributed by atoms with Crippen molar-refractivity contribution in [3.63, 3.8) is 0 Å². The minimum atomic E-state index is -0.830. The fourth-order valence-corrected chi connectivity index (χ4v) is 2.33. The van der Waals surface area contributed by atoms with Crippen molar-refractivity contribution in [1.29, 1.82) is 0 Å². The topological polar surface area (TPSA) is 96.5 Å². The molecule has 0 spiro atoms. The predicted octanol–water partition coefficient (Wildman–Crippen LogP) is 0.175. The Morgan fingerprint density at radius 2 is 2.33 bits per heavy atom. The van der Waals surface area contributed by atoms with Crippen molar-refractivity contribution < 1.29 is 14.7 Å². The number of pyridine rings is 1. The van der Waals surface area contributed by atoms with Gasteiger partial charge < -0.3 is 10.8 Å². The van der Waals surface area contributed by atoms with E-state index < -0.39 is 18.0 Å². The van der Waals surface area contributed by atoms with E-state index in [0.29, 0.717) is 11.6 Å². The Morgan fingerprint density at radius 3 is 2.89 bits per heavy atom. The number of primary amides is 1. The molecule has 1 aromatic heterocycles. The molecule has 1 aliphatic heterocycles. The highest BCUT2D eigenvalue weighted by molar-refractivity contribution is 6.29. The molecule has 0 radical (unpaired) electrons. The number of aromatic nitrogens is 1. The Kier molecular flexibility index (Phi) is 3.49. The monoisotopic (exact) mass is 269 g/mol. The molecule has 1 fully saturated rings. The molecule has 7 heteroatoms. The number of carbonyl (C=O) groups excluding carboxylic acids is 2. The molecule has 1 aromatic rings. The fraction of sp³-hybridized carbons (Fsp3) is 0.364. The van der Waals surface area contributed by atoms with E-state index in [4.69, 9.17) is 17.3 Å². The van der Waals surface area contributed by atoms with Crippen LogP contribution in [0.25, 0.3) is 0 Å². The van der Waals surface area contributed by atoms with Gasteiger partial charge in [-0.2, -0.15) is 0 Å². The van der Waals surface area contributed by atoms with E-state index in [2.05, 4.69) is 4.98 Å². The molecule has 2 rings (SSSR count). The van der Waals surface area contributed by atoms with Gasteiger partial charge in [-0.25, -0.2) is 9.78 Å². The number of aliphatic hydroxyl groups is 1. The number of nitrogens with zero attached hydrogens (tertiary/aromatic N) is 2. The van der Waals surface area contributed by atoms with Crippen LogP contribution in [0.15, 0.2) is 18.3 Å². The fourth-order valence-electron chi connectivity index (χ4n) is 2.13. The Hall–Kier alpha value is -1.66. The van der Waals surface area contributed by atoms with Crippen LogP contribution in [-0.2, 0) is 11.2 Å². The number of urea groups is 1. The molecule has 1 unspecified atom stereocenters. The lowest BCUT2D eigenvalue weighted by Crippen LogP contribution is -2.66. The first-order chi connectivity index (χ1) is 8.54. The van der Waals surface area contributed by atoms with Crippen LogP contribution in [0.2, 0.25) is 5.15 Å². The summed E-state index contributed by atoms with van der Waals surface area (Å²) >= 11 is 5.75. The van der Waals surface area contributed by atoms with Crippen molar-refractivity contribution in [2.24, 2.45) is 11.7 Å². The normalized spacial score (nSPS) is 22.8. The Morgan fingerprint density at radius 1 is 1.61 bits per heavy atom. The van der Waals surface area contributed by atoms with E-state index in [0.717, 1.165) is 10.5 Å². The summed E-state index contributed by atoms with van der Waals surface area (Å²) in [6.45, 7) is -0.293. The molecule has 1 saturated heterocycles. The molecule has 96 valence electrons. The Balaban J connectivity index is 2.11. The summed E-state index contributed by atoms with van der Waals surface area (Å²) in [5, 5.41) is 9.53. The maximum Gasteiger partial charge on any atom is 0.321 e. The smallest absolute Gasteiger partial charge is 0.321 e. The zero-order valence-electron chi connectivity index (χ0n) is 9.41. The number of halogens is 1. The molecule has 18 heavy (non-hydrogen) atoms. The number of likely N-dealkylation sites (tertiary alicyclic amines) is 1. The molecular weight excluding hydrogens is 258 g/mol. The number of hydrogen-bond donors (Lipinski definition) is 2. The number of aliphatic hydroxyl groups excluding tert-OH is 1. The highest BCUT2D eigenvalue weighted by Crippen LogP contribution is 2.29. The second-order valence-corrected chi connectivity index (χ2v) is 4.48. The number of rotatable bonds is 3. The van der Waals surface area contributed by atoms with Crippen LogP contribution < -0.4 is 5.73 Å². The molecule has 2 atom stereocenters. The van der Waals surface area contributed by atoms with Gasteiger partial charge in [0.2, 0.25) is 5.91 Å². The number of β-lactam (4-membered cyclic amide) rings is 1. The summed E-state index contributed by atoms with van der Waals surface area (Å²) in [5.74, 6) is -0.810. The van der Waals surface area contributed by atoms with Crippen molar-refractivity contribution >= 4 is 23.5 Å². The van der Waals surface area contributed by atoms with E-state index in [1.165, 1.54) is 0 Å². The van der Waals surface area contributed by atoms with Crippen LogP contribution in [0.1, 0.15) is 5.56 Å². The van der Waals surface area contributed by atoms with Gasteiger partial charge in [-0.05, 0) is 24.1 Å². The van der Waals surface area contributed by atoms with Gasteiger partial charge in [0.1, 0.15) is 5.15 Å². The maximum atomic E-state index is 11.7. The van der Waals surface area contributed by atoms with Gasteiger partial charge in [-0.15, -0.1) is 0 Å². The van der Waals surface area contributed by atoms with E-state index in [1.807, 2.05) is 0 Å². The molecule has 0 saturated carbocycles. The molecule has 1 aliphatic rings. The van der Waals surface area contributed by atoms with E-state index in [1.54, 1.807) is 18.3 Å². The van der Waals surface area contributed by atoms with Gasteiger partial charge in [-0.3, -0.25) is 9.69 Å². The first-order valence-electron chi connectivity index (χ1n) is 5.38. The molecule has 2 heterocycles. The highest BCUT2D eigenvalue weighted by Gasteiger charge is 2.49. The third-order valence-corrected chi connectivity index (χ3v) is 3.23. The number of hydrogen-bond acceptors (Lipinski definition) is 4. The largest absolute Gasteiger partial charge is 0.394 e. The second-order valence-electron chi connectivity index (χ2n) is 4.09.